The van der Waals surface area contributed by atoms with Crippen molar-refractivity contribution in [3.05, 3.63) is 34.7 Å². The highest BCUT2D eigenvalue weighted by Gasteiger charge is 2.17. The average Bonchev–Trinajstić information content (AvgIpc) is 3.17. The zero-order valence-electron chi connectivity index (χ0n) is 13.5. The van der Waals surface area contributed by atoms with Gasteiger partial charge in [-0.1, -0.05) is 12.1 Å². The Morgan fingerprint density at radius 1 is 1.30 bits per heavy atom. The third-order valence-electron chi connectivity index (χ3n) is 4.35. The quantitative estimate of drug-likeness (QED) is 0.878. The van der Waals surface area contributed by atoms with Crippen molar-refractivity contribution in [3.8, 4) is 0 Å². The Bertz CT molecular complexity index is 741. The number of aryl methyl sites for hydroxylation is 2. The number of rotatable bonds is 6. The molecule has 1 N–H and O–H groups in total. The van der Waals surface area contributed by atoms with Crippen LogP contribution in [0.1, 0.15) is 26.2 Å². The van der Waals surface area contributed by atoms with Gasteiger partial charge < -0.3 is 10.1 Å². The number of carbonyl (C=O) groups excluding carboxylic acids is 1. The maximum Gasteiger partial charge on any atom is 0.329 e. The van der Waals surface area contributed by atoms with E-state index in [-0.39, 0.29) is 17.7 Å². The first kappa shape index (κ1) is 15.8. The number of hydrogen-bond donors (Lipinski definition) is 1. The minimum absolute atomic E-state index is 0.0410. The van der Waals surface area contributed by atoms with Gasteiger partial charge in [0.1, 0.15) is 0 Å². The molecule has 6 nitrogen and oxygen atoms in total. The number of hydrogen-bond acceptors (Lipinski definition) is 3. The molecular weight excluding hydrogens is 294 g/mol. The molecule has 23 heavy (non-hydrogen) atoms. The number of nitrogens with zero attached hydrogens (tertiary/aromatic N) is 2. The largest absolute Gasteiger partial charge is 0.376 e. The molecule has 0 saturated carbocycles. The van der Waals surface area contributed by atoms with E-state index in [1.54, 1.807) is 9.13 Å². The number of amides is 1. The van der Waals surface area contributed by atoms with E-state index in [2.05, 4.69) is 5.32 Å². The normalized spacial score (nSPS) is 17.7. The van der Waals surface area contributed by atoms with Gasteiger partial charge in [-0.3, -0.25) is 13.9 Å². The molecule has 1 aliphatic rings. The van der Waals surface area contributed by atoms with Crippen LogP contribution in [0.25, 0.3) is 11.0 Å². The highest BCUT2D eigenvalue weighted by molar-refractivity contribution is 5.78. The van der Waals surface area contributed by atoms with Crippen LogP contribution in [0.2, 0.25) is 0 Å². The summed E-state index contributed by atoms with van der Waals surface area (Å²) in [4.78, 5) is 24.5. The highest BCUT2D eigenvalue weighted by Crippen LogP contribution is 2.13. The molecule has 0 spiro atoms. The van der Waals surface area contributed by atoms with Crippen LogP contribution < -0.4 is 11.0 Å². The summed E-state index contributed by atoms with van der Waals surface area (Å²) in [6.45, 7) is 4.31. The van der Waals surface area contributed by atoms with Gasteiger partial charge >= 0.3 is 5.69 Å². The van der Waals surface area contributed by atoms with Crippen LogP contribution in [0.15, 0.2) is 29.1 Å². The summed E-state index contributed by atoms with van der Waals surface area (Å²) in [5.41, 5.74) is 1.74. The summed E-state index contributed by atoms with van der Waals surface area (Å²) < 4.78 is 8.91. The van der Waals surface area contributed by atoms with Crippen molar-refractivity contribution in [3.63, 3.8) is 0 Å². The smallest absolute Gasteiger partial charge is 0.329 e. The zero-order valence-corrected chi connectivity index (χ0v) is 13.5. The van der Waals surface area contributed by atoms with Crippen molar-refractivity contribution < 1.29 is 9.53 Å². The first-order valence-electron chi connectivity index (χ1n) is 8.27. The Morgan fingerprint density at radius 3 is 2.70 bits per heavy atom. The van der Waals surface area contributed by atoms with Crippen LogP contribution in [-0.2, 0) is 22.6 Å². The lowest BCUT2D eigenvalue weighted by molar-refractivity contribution is -0.121. The third kappa shape index (κ3) is 3.32. The van der Waals surface area contributed by atoms with E-state index in [1.807, 2.05) is 31.2 Å². The van der Waals surface area contributed by atoms with Gasteiger partial charge in [0.05, 0.1) is 17.1 Å². The van der Waals surface area contributed by atoms with Gasteiger partial charge in [-0.25, -0.2) is 4.79 Å². The van der Waals surface area contributed by atoms with Gasteiger partial charge in [-0.2, -0.15) is 0 Å². The summed E-state index contributed by atoms with van der Waals surface area (Å²) in [5.74, 6) is -0.0410. The first-order valence-corrected chi connectivity index (χ1v) is 8.27. The van der Waals surface area contributed by atoms with Crippen LogP contribution in [0.3, 0.4) is 0 Å². The molecule has 0 radical (unpaired) electrons. The molecule has 1 fully saturated rings. The summed E-state index contributed by atoms with van der Waals surface area (Å²) in [5, 5.41) is 2.90. The van der Waals surface area contributed by atoms with Crippen molar-refractivity contribution in [2.24, 2.45) is 0 Å². The second-order valence-electron chi connectivity index (χ2n) is 5.86. The third-order valence-corrected chi connectivity index (χ3v) is 4.35. The Labute approximate surface area is 135 Å². The van der Waals surface area contributed by atoms with Crippen LogP contribution in [0.5, 0.6) is 0 Å². The maximum absolute atomic E-state index is 12.5. The summed E-state index contributed by atoms with van der Waals surface area (Å²) in [7, 11) is 0. The minimum Gasteiger partial charge on any atom is -0.376 e. The second kappa shape index (κ2) is 7.00. The topological polar surface area (TPSA) is 65.3 Å². The van der Waals surface area contributed by atoms with E-state index in [9.17, 15) is 9.59 Å². The molecule has 0 aliphatic carbocycles. The van der Waals surface area contributed by atoms with Crippen molar-refractivity contribution in [1.29, 1.82) is 0 Å². The van der Waals surface area contributed by atoms with Gasteiger partial charge in [-0.15, -0.1) is 0 Å². The van der Waals surface area contributed by atoms with Gasteiger partial charge in [-0.05, 0) is 31.9 Å². The SMILES string of the molecule is CCn1c(=O)n(CCC(=O)NC[C@@H]2CCCO2)c2ccccc21. The number of imidazole rings is 1. The Kier molecular flexibility index (Phi) is 4.81. The number of fused-ring (bicyclic) bond motifs is 1. The van der Waals surface area contributed by atoms with Gasteiger partial charge in [0.25, 0.3) is 0 Å². The van der Waals surface area contributed by atoms with E-state index in [4.69, 9.17) is 4.74 Å². The van der Waals surface area contributed by atoms with Crippen molar-refractivity contribution >= 4 is 16.9 Å². The fourth-order valence-electron chi connectivity index (χ4n) is 3.13. The minimum atomic E-state index is -0.0550. The average molecular weight is 317 g/mol. The molecular formula is C17H23N3O3. The lowest BCUT2D eigenvalue weighted by Gasteiger charge is -2.10. The molecule has 3 rings (SSSR count). The molecule has 1 aromatic carbocycles. The molecule has 6 heteroatoms. The van der Waals surface area contributed by atoms with E-state index >= 15 is 0 Å². The summed E-state index contributed by atoms with van der Waals surface area (Å²) in [6.07, 6.45) is 2.50. The van der Waals surface area contributed by atoms with E-state index in [1.165, 1.54) is 0 Å². The van der Waals surface area contributed by atoms with Crippen molar-refractivity contribution in [2.75, 3.05) is 13.2 Å². The predicted molar refractivity (Wildman–Crippen MR) is 88.5 cm³/mol. The molecule has 1 saturated heterocycles. The number of nitrogens with one attached hydrogen (secondary N) is 1. The lowest BCUT2D eigenvalue weighted by Crippen LogP contribution is -2.33. The molecule has 1 aliphatic heterocycles. The highest BCUT2D eigenvalue weighted by atomic mass is 16.5. The van der Waals surface area contributed by atoms with E-state index < -0.39 is 0 Å². The fourth-order valence-corrected chi connectivity index (χ4v) is 3.13. The van der Waals surface area contributed by atoms with Gasteiger partial charge in [0.15, 0.2) is 0 Å². The molecule has 0 bridgehead atoms. The molecule has 1 aromatic heterocycles. The molecule has 2 aromatic rings. The standard InChI is InChI=1S/C17H23N3O3/c1-2-19-14-7-3-4-8-15(14)20(17(19)22)10-9-16(21)18-12-13-6-5-11-23-13/h3-4,7-8,13H,2,5-6,9-12H2,1H3,(H,18,21)/t13-/m0/s1. The molecule has 1 amide bonds. The Balaban J connectivity index is 1.66. The number of benzene rings is 1. The van der Waals surface area contributed by atoms with Crippen molar-refractivity contribution in [2.45, 2.75) is 45.4 Å². The number of aromatic nitrogens is 2. The Hall–Kier alpha value is -2.08. The van der Waals surface area contributed by atoms with Gasteiger partial charge in [0.2, 0.25) is 5.91 Å². The zero-order chi connectivity index (χ0) is 16.2. The first-order chi connectivity index (χ1) is 11.2. The fraction of sp³-hybridized carbons (Fsp3) is 0.529. The molecule has 1 atom stereocenters. The maximum atomic E-state index is 12.5. The van der Waals surface area contributed by atoms with E-state index in [0.717, 1.165) is 30.5 Å². The predicted octanol–water partition coefficient (Wildman–Crippen LogP) is 1.51. The summed E-state index contributed by atoms with van der Waals surface area (Å²) in [6, 6.07) is 7.70. The monoisotopic (exact) mass is 317 g/mol. The summed E-state index contributed by atoms with van der Waals surface area (Å²) >= 11 is 0. The Morgan fingerprint density at radius 2 is 2.04 bits per heavy atom. The second-order valence-corrected chi connectivity index (χ2v) is 5.86. The van der Waals surface area contributed by atoms with Crippen molar-refractivity contribution in [1.82, 2.24) is 14.5 Å². The van der Waals surface area contributed by atoms with E-state index in [0.29, 0.717) is 26.1 Å². The van der Waals surface area contributed by atoms with Crippen LogP contribution in [0, 0.1) is 0 Å². The molecule has 2 heterocycles. The van der Waals surface area contributed by atoms with Crippen LogP contribution in [-0.4, -0.2) is 34.3 Å². The van der Waals surface area contributed by atoms with Crippen LogP contribution >= 0.6 is 0 Å². The van der Waals surface area contributed by atoms with Crippen LogP contribution in [0.4, 0.5) is 0 Å². The number of para-hydroxylation sites is 2. The number of ether oxygens (including phenoxy) is 1. The van der Waals surface area contributed by atoms with Gasteiger partial charge in [0, 0.05) is 32.7 Å². The molecule has 124 valence electrons. The molecule has 0 unspecified atom stereocenters. The lowest BCUT2D eigenvalue weighted by atomic mass is 10.2. The number of carbonyl (C=O) groups is 1.